The zero-order valence-electron chi connectivity index (χ0n) is 29.3. The summed E-state index contributed by atoms with van der Waals surface area (Å²) < 4.78 is 0. The maximum absolute atomic E-state index is 2.54. The van der Waals surface area contributed by atoms with Crippen LogP contribution in [0.25, 0.3) is 0 Å². The fraction of sp³-hybridized carbons (Fsp3) is 0.800. The zero-order valence-corrected chi connectivity index (χ0v) is 29.3. The summed E-state index contributed by atoms with van der Waals surface area (Å²) in [6, 6.07) is 0. The third-order valence-electron chi connectivity index (χ3n) is 8.81. The minimum Gasteiger partial charge on any atom is -0.0859 e. The molecule has 234 valence electrons. The van der Waals surface area contributed by atoms with Crippen LogP contribution in [0.5, 0.6) is 0 Å². The lowest BCUT2D eigenvalue weighted by Gasteiger charge is -2.13. The van der Waals surface area contributed by atoms with Gasteiger partial charge in [-0.25, -0.2) is 0 Å². The Morgan fingerprint density at radius 2 is 1.00 bits per heavy atom. The summed E-state index contributed by atoms with van der Waals surface area (Å²) in [5, 5.41) is 0. The molecule has 0 spiro atoms. The van der Waals surface area contributed by atoms with Crippen molar-refractivity contribution in [1.82, 2.24) is 0 Å². The molecule has 4 atom stereocenters. The lowest BCUT2D eigenvalue weighted by molar-refractivity contribution is 0.427. The molecule has 0 saturated heterocycles. The number of allylic oxidation sites excluding steroid dienone is 8. The van der Waals surface area contributed by atoms with Crippen LogP contribution in [-0.4, -0.2) is 0 Å². The van der Waals surface area contributed by atoms with E-state index in [4.69, 9.17) is 0 Å². The van der Waals surface area contributed by atoms with E-state index >= 15 is 0 Å². The first-order valence-corrected chi connectivity index (χ1v) is 17.6. The van der Waals surface area contributed by atoms with E-state index in [1.165, 1.54) is 120 Å². The lowest BCUT2D eigenvalue weighted by Crippen LogP contribution is -1.97. The normalized spacial score (nSPS) is 16.0. The first-order valence-electron chi connectivity index (χ1n) is 17.6. The molecule has 0 bridgehead atoms. The molecule has 0 N–H and O–H groups in total. The quantitative estimate of drug-likeness (QED) is 0.0598. The van der Waals surface area contributed by atoms with Gasteiger partial charge in [-0.3, -0.25) is 0 Å². The van der Waals surface area contributed by atoms with Gasteiger partial charge < -0.3 is 0 Å². The first kappa shape index (κ1) is 39.0. The highest BCUT2D eigenvalue weighted by Crippen LogP contribution is 2.22. The molecule has 0 aliphatic rings. The van der Waals surface area contributed by atoms with Crippen LogP contribution < -0.4 is 0 Å². The summed E-state index contributed by atoms with van der Waals surface area (Å²) in [7, 11) is 0. The highest BCUT2D eigenvalue weighted by Gasteiger charge is 2.05. The van der Waals surface area contributed by atoms with Crippen molar-refractivity contribution < 1.29 is 0 Å². The highest BCUT2D eigenvalue weighted by molar-refractivity contribution is 5.11. The Balaban J connectivity index is 3.89. The number of rotatable bonds is 25. The lowest BCUT2D eigenvalue weighted by atomic mass is 9.93. The minimum atomic E-state index is 0.693. The van der Waals surface area contributed by atoms with Crippen LogP contribution >= 0.6 is 0 Å². The summed E-state index contributed by atoms with van der Waals surface area (Å²) in [5.41, 5.74) is 4.61. The summed E-state index contributed by atoms with van der Waals surface area (Å²) in [4.78, 5) is 0. The van der Waals surface area contributed by atoms with Crippen LogP contribution in [0.3, 0.4) is 0 Å². The Bertz CT molecular complexity index is 696. The second-order valence-electron chi connectivity index (χ2n) is 14.6. The molecule has 0 saturated carbocycles. The molecule has 0 aromatic heterocycles. The Kier molecular flexibility index (Phi) is 25.0. The van der Waals surface area contributed by atoms with Gasteiger partial charge in [-0.05, 0) is 115 Å². The fourth-order valence-corrected chi connectivity index (χ4v) is 5.69. The molecule has 0 aliphatic carbocycles. The molecular weight excluding hydrogens is 480 g/mol. The molecule has 0 heterocycles. The molecule has 0 aliphatic heterocycles. The Labute approximate surface area is 254 Å². The van der Waals surface area contributed by atoms with Crippen molar-refractivity contribution in [2.45, 2.75) is 178 Å². The maximum Gasteiger partial charge on any atom is -0.0259 e. The van der Waals surface area contributed by atoms with Crippen molar-refractivity contribution in [2.75, 3.05) is 0 Å². The van der Waals surface area contributed by atoms with Crippen molar-refractivity contribution in [3.8, 4) is 0 Å². The Morgan fingerprint density at radius 3 is 1.60 bits per heavy atom. The minimum absolute atomic E-state index is 0.693. The van der Waals surface area contributed by atoms with E-state index in [0.717, 1.165) is 23.7 Å². The van der Waals surface area contributed by atoms with Crippen molar-refractivity contribution >= 4 is 0 Å². The van der Waals surface area contributed by atoms with Crippen LogP contribution in [0, 0.1) is 29.6 Å². The maximum atomic E-state index is 2.54. The van der Waals surface area contributed by atoms with Gasteiger partial charge in [0.1, 0.15) is 0 Å². The molecule has 0 amide bonds. The van der Waals surface area contributed by atoms with E-state index in [2.05, 4.69) is 99.6 Å². The van der Waals surface area contributed by atoms with E-state index in [-0.39, 0.29) is 0 Å². The van der Waals surface area contributed by atoms with Crippen LogP contribution in [-0.2, 0) is 0 Å². The van der Waals surface area contributed by atoms with E-state index < -0.39 is 0 Å². The van der Waals surface area contributed by atoms with Gasteiger partial charge in [0.05, 0.1) is 0 Å². The van der Waals surface area contributed by atoms with Gasteiger partial charge in [0, 0.05) is 0 Å². The first-order chi connectivity index (χ1) is 19.0. The van der Waals surface area contributed by atoms with Gasteiger partial charge in [-0.2, -0.15) is 0 Å². The topological polar surface area (TPSA) is 0 Å². The van der Waals surface area contributed by atoms with Crippen molar-refractivity contribution in [3.05, 3.63) is 47.1 Å². The zero-order chi connectivity index (χ0) is 30.2. The summed E-state index contributed by atoms with van der Waals surface area (Å²) in [6.45, 7) is 23.5. The highest BCUT2D eigenvalue weighted by atomic mass is 14.1. The molecule has 4 unspecified atom stereocenters. The molecule has 0 fully saturated rings. The predicted octanol–water partition coefficient (Wildman–Crippen LogP) is 14.2. The van der Waals surface area contributed by atoms with Gasteiger partial charge >= 0.3 is 0 Å². The van der Waals surface area contributed by atoms with E-state index in [1.54, 1.807) is 5.57 Å². The van der Waals surface area contributed by atoms with Crippen molar-refractivity contribution in [1.29, 1.82) is 0 Å². The van der Waals surface area contributed by atoms with E-state index in [0.29, 0.717) is 5.92 Å². The second-order valence-corrected chi connectivity index (χ2v) is 14.6. The monoisotopic (exact) mass is 555 g/mol. The molecule has 0 nitrogen and oxygen atoms in total. The van der Waals surface area contributed by atoms with Crippen molar-refractivity contribution in [3.63, 3.8) is 0 Å². The fourth-order valence-electron chi connectivity index (χ4n) is 5.69. The number of hydrogen-bond acceptors (Lipinski definition) is 0. The largest absolute Gasteiger partial charge is 0.0859 e. The van der Waals surface area contributed by atoms with Crippen LogP contribution in [0.2, 0.25) is 0 Å². The van der Waals surface area contributed by atoms with Crippen molar-refractivity contribution in [2.24, 2.45) is 29.6 Å². The molecule has 40 heavy (non-hydrogen) atoms. The van der Waals surface area contributed by atoms with Crippen LogP contribution in [0.1, 0.15) is 178 Å². The average molecular weight is 555 g/mol. The van der Waals surface area contributed by atoms with Crippen LogP contribution in [0.15, 0.2) is 47.1 Å². The molecule has 0 radical (unpaired) electrons. The molecule has 0 aromatic rings. The standard InChI is InChI=1S/C40H74/c1-33(2)19-13-23-37(7)27-17-31-39(9)29-15-25-35(5)21-11-12-22-36(6)26-16-30-40(10)32-18-28-38(8)24-14-20-34(3)4/h15,19,25,29-30,34-38H,11-14,16-18,20-24,26-28,31-32H2,1-10H3/b25-15+,39-29+,40-30+. The summed E-state index contributed by atoms with van der Waals surface area (Å²) in [5.74, 6) is 4.15. The summed E-state index contributed by atoms with van der Waals surface area (Å²) in [6.07, 6.45) is 34.9. The third kappa shape index (κ3) is 27.1. The molecule has 0 heteroatoms. The Morgan fingerprint density at radius 1 is 0.500 bits per heavy atom. The molecule has 0 aromatic carbocycles. The van der Waals surface area contributed by atoms with Gasteiger partial charge in [0.2, 0.25) is 0 Å². The molecule has 0 rings (SSSR count). The average Bonchev–Trinajstić information content (AvgIpc) is 2.86. The second kappa shape index (κ2) is 25.7. The predicted molar refractivity (Wildman–Crippen MR) is 186 cm³/mol. The van der Waals surface area contributed by atoms with E-state index in [1.807, 2.05) is 0 Å². The van der Waals surface area contributed by atoms with Gasteiger partial charge in [0.15, 0.2) is 0 Å². The summed E-state index contributed by atoms with van der Waals surface area (Å²) >= 11 is 0. The Hall–Kier alpha value is -1.04. The number of unbranched alkanes of at least 4 members (excludes halogenated alkanes) is 1. The van der Waals surface area contributed by atoms with E-state index in [9.17, 15) is 0 Å². The van der Waals surface area contributed by atoms with Gasteiger partial charge in [-0.15, -0.1) is 0 Å². The molecular formula is C40H74. The van der Waals surface area contributed by atoms with Gasteiger partial charge in [-0.1, -0.05) is 140 Å². The SMILES string of the molecule is CC(C)=CCCC(C)CCC/C(C)=C/C=C/C(C)CCCCC(C)CC/C=C(\C)CCCC(C)CCCC(C)C. The third-order valence-corrected chi connectivity index (χ3v) is 8.81. The smallest absolute Gasteiger partial charge is 0.0259 e. The van der Waals surface area contributed by atoms with Crippen LogP contribution in [0.4, 0.5) is 0 Å². The number of hydrogen-bond donors (Lipinski definition) is 0. The van der Waals surface area contributed by atoms with Gasteiger partial charge in [0.25, 0.3) is 0 Å².